The van der Waals surface area contributed by atoms with E-state index < -0.39 is 0 Å². The fourth-order valence-corrected chi connectivity index (χ4v) is 4.14. The average molecular weight is 365 g/mol. The van der Waals surface area contributed by atoms with Crippen molar-refractivity contribution in [3.63, 3.8) is 0 Å². The number of aromatic nitrogens is 2. The van der Waals surface area contributed by atoms with Gasteiger partial charge >= 0.3 is 0 Å². The van der Waals surface area contributed by atoms with E-state index in [0.29, 0.717) is 5.25 Å². The Morgan fingerprint density at radius 2 is 1.79 bits per heavy atom. The van der Waals surface area contributed by atoms with E-state index in [0.717, 1.165) is 11.6 Å². The number of benzene rings is 1. The number of aryl methyl sites for hydroxylation is 1. The van der Waals surface area contributed by atoms with Gasteiger partial charge in [0.1, 0.15) is 0 Å². The first kappa shape index (κ1) is 19.4. The largest absolute Gasteiger partial charge is 0.337 e. The summed E-state index contributed by atoms with van der Waals surface area (Å²) in [5.41, 5.74) is 0. The van der Waals surface area contributed by atoms with Crippen LogP contribution in [0.2, 0.25) is 5.02 Å². The maximum Gasteiger partial charge on any atom is 0.0945 e. The molecule has 2 aromatic rings. The van der Waals surface area contributed by atoms with Crippen molar-refractivity contribution >= 4 is 23.4 Å². The summed E-state index contributed by atoms with van der Waals surface area (Å²) in [7, 11) is 0. The van der Waals surface area contributed by atoms with Gasteiger partial charge in [-0.1, -0.05) is 57.0 Å². The Balaban J connectivity index is 1.79. The first-order valence-electron chi connectivity index (χ1n) is 9.16. The van der Waals surface area contributed by atoms with Gasteiger partial charge in [-0.15, -0.1) is 11.8 Å². The van der Waals surface area contributed by atoms with Gasteiger partial charge in [-0.05, 0) is 37.1 Å². The van der Waals surface area contributed by atoms with Gasteiger partial charge in [-0.25, -0.2) is 4.98 Å². The Morgan fingerprint density at radius 3 is 2.50 bits per heavy atom. The van der Waals surface area contributed by atoms with Crippen molar-refractivity contribution in [1.29, 1.82) is 0 Å². The second-order valence-electron chi connectivity index (χ2n) is 6.34. The molecule has 132 valence electrons. The van der Waals surface area contributed by atoms with Gasteiger partial charge in [-0.3, -0.25) is 0 Å². The summed E-state index contributed by atoms with van der Waals surface area (Å²) >= 11 is 8.00. The van der Waals surface area contributed by atoms with Crippen LogP contribution < -0.4 is 0 Å². The number of hydrogen-bond donors (Lipinski definition) is 0. The highest BCUT2D eigenvalue weighted by Crippen LogP contribution is 2.30. The van der Waals surface area contributed by atoms with Crippen LogP contribution in [0.5, 0.6) is 0 Å². The number of rotatable bonds is 12. The summed E-state index contributed by atoms with van der Waals surface area (Å²) in [5.74, 6) is 0. The first-order valence-corrected chi connectivity index (χ1v) is 10.4. The fourth-order valence-electron chi connectivity index (χ4n) is 2.83. The number of thioether (sulfide) groups is 1. The first-order chi connectivity index (χ1) is 11.8. The SMILES string of the molecule is CCCCCCCCC(CCn1ccnc1)Sc1ccc(Cl)cc1. The molecule has 0 aliphatic carbocycles. The van der Waals surface area contributed by atoms with E-state index in [-0.39, 0.29) is 0 Å². The summed E-state index contributed by atoms with van der Waals surface area (Å²) in [6.07, 6.45) is 16.4. The number of nitrogens with zero attached hydrogens (tertiary/aromatic N) is 2. The third kappa shape index (κ3) is 7.76. The zero-order valence-corrected chi connectivity index (χ0v) is 16.2. The molecule has 0 radical (unpaired) electrons. The minimum absolute atomic E-state index is 0.653. The molecule has 0 aliphatic rings. The molecule has 1 aromatic heterocycles. The van der Waals surface area contributed by atoms with E-state index in [9.17, 15) is 0 Å². The lowest BCUT2D eigenvalue weighted by atomic mass is 10.1. The van der Waals surface area contributed by atoms with Gasteiger partial charge in [0, 0.05) is 34.1 Å². The van der Waals surface area contributed by atoms with Crippen LogP contribution in [0, 0.1) is 0 Å². The molecule has 1 unspecified atom stereocenters. The maximum absolute atomic E-state index is 6.00. The van der Waals surface area contributed by atoms with Crippen LogP contribution in [-0.4, -0.2) is 14.8 Å². The molecule has 1 atom stereocenters. The van der Waals surface area contributed by atoms with Crippen LogP contribution in [0.1, 0.15) is 58.3 Å². The molecule has 1 heterocycles. The van der Waals surface area contributed by atoms with Gasteiger partial charge in [-0.2, -0.15) is 0 Å². The fraction of sp³-hybridized carbons (Fsp3) is 0.550. The molecule has 0 amide bonds. The third-order valence-corrected chi connectivity index (χ3v) is 5.87. The lowest BCUT2D eigenvalue weighted by Crippen LogP contribution is -2.08. The molecule has 0 aliphatic heterocycles. The molecule has 24 heavy (non-hydrogen) atoms. The highest BCUT2D eigenvalue weighted by molar-refractivity contribution is 8.00. The monoisotopic (exact) mass is 364 g/mol. The normalized spacial score (nSPS) is 12.4. The summed E-state index contributed by atoms with van der Waals surface area (Å²) < 4.78 is 2.18. The molecule has 2 nitrogen and oxygen atoms in total. The van der Waals surface area contributed by atoms with E-state index in [2.05, 4.69) is 34.8 Å². The minimum Gasteiger partial charge on any atom is -0.337 e. The minimum atomic E-state index is 0.653. The summed E-state index contributed by atoms with van der Waals surface area (Å²) in [6, 6.07) is 8.25. The number of unbranched alkanes of at least 4 members (excludes halogenated alkanes) is 5. The van der Waals surface area contributed by atoms with Crippen molar-refractivity contribution < 1.29 is 0 Å². The average Bonchev–Trinajstić information content (AvgIpc) is 3.11. The molecule has 4 heteroatoms. The highest BCUT2D eigenvalue weighted by Gasteiger charge is 2.11. The molecule has 2 rings (SSSR count). The molecule has 1 aromatic carbocycles. The van der Waals surface area contributed by atoms with E-state index >= 15 is 0 Å². The molecule has 0 spiro atoms. The van der Waals surface area contributed by atoms with E-state index in [1.807, 2.05) is 36.4 Å². The Bertz CT molecular complexity index is 539. The molecule has 0 saturated heterocycles. The van der Waals surface area contributed by atoms with Gasteiger partial charge in [0.15, 0.2) is 0 Å². The lowest BCUT2D eigenvalue weighted by Gasteiger charge is -2.17. The van der Waals surface area contributed by atoms with Crippen molar-refractivity contribution in [2.24, 2.45) is 0 Å². The summed E-state index contributed by atoms with van der Waals surface area (Å²) in [6.45, 7) is 3.32. The van der Waals surface area contributed by atoms with Crippen LogP contribution in [-0.2, 0) is 6.54 Å². The Kier molecular flexibility index (Phi) is 9.37. The quantitative estimate of drug-likeness (QED) is 0.303. The van der Waals surface area contributed by atoms with Crippen molar-refractivity contribution in [3.8, 4) is 0 Å². The highest BCUT2D eigenvalue weighted by atomic mass is 35.5. The molecule has 0 saturated carbocycles. The predicted octanol–water partition coefficient (Wildman–Crippen LogP) is 6.84. The van der Waals surface area contributed by atoms with E-state index in [1.54, 1.807) is 0 Å². The van der Waals surface area contributed by atoms with Crippen LogP contribution in [0.15, 0.2) is 47.9 Å². The van der Waals surface area contributed by atoms with Gasteiger partial charge in [0.05, 0.1) is 6.33 Å². The van der Waals surface area contributed by atoms with Gasteiger partial charge in [0.2, 0.25) is 0 Å². The Morgan fingerprint density at radius 1 is 1.04 bits per heavy atom. The van der Waals surface area contributed by atoms with Crippen molar-refractivity contribution in [1.82, 2.24) is 9.55 Å². The zero-order chi connectivity index (χ0) is 17.0. The summed E-state index contributed by atoms with van der Waals surface area (Å²) in [5, 5.41) is 1.46. The molecular weight excluding hydrogens is 336 g/mol. The molecular formula is C20H29ClN2S. The van der Waals surface area contributed by atoms with E-state index in [4.69, 9.17) is 11.6 Å². The second-order valence-corrected chi connectivity index (χ2v) is 8.15. The molecule has 0 bridgehead atoms. The smallest absolute Gasteiger partial charge is 0.0945 e. The van der Waals surface area contributed by atoms with Crippen molar-refractivity contribution in [3.05, 3.63) is 48.0 Å². The van der Waals surface area contributed by atoms with Crippen molar-refractivity contribution in [2.75, 3.05) is 0 Å². The topological polar surface area (TPSA) is 17.8 Å². The molecule has 0 fully saturated rings. The lowest BCUT2D eigenvalue weighted by molar-refractivity contribution is 0.547. The second kappa shape index (κ2) is 11.6. The Labute approximate surface area is 156 Å². The third-order valence-electron chi connectivity index (χ3n) is 4.26. The Hall–Kier alpha value is -0.930. The van der Waals surface area contributed by atoms with Crippen LogP contribution in [0.3, 0.4) is 0 Å². The van der Waals surface area contributed by atoms with Crippen LogP contribution in [0.25, 0.3) is 0 Å². The van der Waals surface area contributed by atoms with Gasteiger partial charge < -0.3 is 4.57 Å². The van der Waals surface area contributed by atoms with Gasteiger partial charge in [0.25, 0.3) is 0 Å². The molecule has 0 N–H and O–H groups in total. The standard InChI is InChI=1S/C20H29ClN2S/c1-2-3-4-5-6-7-8-19(13-15-23-16-14-22-17-23)24-20-11-9-18(21)10-12-20/h9-12,14,16-17,19H,2-8,13,15H2,1H3. The summed E-state index contributed by atoms with van der Waals surface area (Å²) in [4.78, 5) is 5.46. The maximum atomic E-state index is 6.00. The predicted molar refractivity (Wildman–Crippen MR) is 106 cm³/mol. The number of halogens is 1. The van der Waals surface area contributed by atoms with Crippen LogP contribution in [0.4, 0.5) is 0 Å². The van der Waals surface area contributed by atoms with E-state index in [1.165, 1.54) is 56.3 Å². The number of hydrogen-bond acceptors (Lipinski definition) is 2. The van der Waals surface area contributed by atoms with Crippen molar-refractivity contribution in [2.45, 2.75) is 75.0 Å². The number of imidazole rings is 1. The van der Waals surface area contributed by atoms with Crippen LogP contribution >= 0.6 is 23.4 Å². The zero-order valence-electron chi connectivity index (χ0n) is 14.7.